The molecule has 2 aromatic carbocycles. The van der Waals surface area contributed by atoms with E-state index >= 15 is 0 Å². The first-order valence-electron chi connectivity index (χ1n) is 8.56. The quantitative estimate of drug-likeness (QED) is 0.633. The fraction of sp³-hybridized carbons (Fsp3) is 0.200. The Hall–Kier alpha value is -2.71. The van der Waals surface area contributed by atoms with Gasteiger partial charge in [0.25, 0.3) is 0 Å². The minimum absolute atomic E-state index is 0.0478. The van der Waals surface area contributed by atoms with Gasteiger partial charge in [0, 0.05) is 34.5 Å². The van der Waals surface area contributed by atoms with Gasteiger partial charge < -0.3 is 10.1 Å². The second-order valence-electron chi connectivity index (χ2n) is 6.60. The van der Waals surface area contributed by atoms with Gasteiger partial charge >= 0.3 is 0 Å². The lowest BCUT2D eigenvalue weighted by atomic mass is 10.1. The smallest absolute Gasteiger partial charge is 0.239 e. The lowest BCUT2D eigenvalue weighted by Crippen LogP contribution is -2.22. The largest absolute Gasteiger partial charge is 0.488 e. The Morgan fingerprint density at radius 3 is 2.76 bits per heavy atom. The number of sulfone groups is 1. The topological polar surface area (TPSA) is 85.4 Å². The molecule has 0 atom stereocenters. The summed E-state index contributed by atoms with van der Waals surface area (Å²) in [6.45, 7) is 1.68. The number of halogens is 2. The Kier molecular flexibility index (Phi) is 6.04. The SMILES string of the molecule is Cc1cc2c(OCc3c(F)ccc(NC(=O)CS(C)(=O)=O)c3Cl)cccc2cn1. The molecule has 3 aromatic rings. The van der Waals surface area contributed by atoms with Crippen molar-refractivity contribution in [2.45, 2.75) is 13.5 Å². The molecule has 1 aromatic heterocycles. The van der Waals surface area contributed by atoms with E-state index in [2.05, 4.69) is 10.3 Å². The highest BCUT2D eigenvalue weighted by atomic mass is 35.5. The van der Waals surface area contributed by atoms with Gasteiger partial charge in [-0.05, 0) is 31.2 Å². The fourth-order valence-corrected chi connectivity index (χ4v) is 3.58. The number of anilines is 1. The maximum Gasteiger partial charge on any atom is 0.239 e. The standard InChI is InChI=1S/C20H18ClFN2O4S/c1-12-8-14-13(9-23-12)4-3-5-18(14)28-10-15-16(22)6-7-17(20(15)21)24-19(25)11-29(2,26)27/h3-9H,10-11H2,1-2H3,(H,24,25). The van der Waals surface area contributed by atoms with Gasteiger partial charge in [0.1, 0.15) is 23.9 Å². The summed E-state index contributed by atoms with van der Waals surface area (Å²) >= 11 is 6.24. The van der Waals surface area contributed by atoms with E-state index in [4.69, 9.17) is 16.3 Å². The Morgan fingerprint density at radius 2 is 2.03 bits per heavy atom. The molecule has 152 valence electrons. The minimum atomic E-state index is -3.50. The van der Waals surface area contributed by atoms with Crippen LogP contribution in [0.2, 0.25) is 5.02 Å². The molecule has 0 radical (unpaired) electrons. The third-order valence-electron chi connectivity index (χ3n) is 4.09. The van der Waals surface area contributed by atoms with E-state index < -0.39 is 27.3 Å². The molecule has 1 N–H and O–H groups in total. The van der Waals surface area contributed by atoms with Crippen LogP contribution in [-0.4, -0.2) is 31.3 Å². The molecule has 9 heteroatoms. The molecule has 29 heavy (non-hydrogen) atoms. The van der Waals surface area contributed by atoms with E-state index in [1.54, 1.807) is 18.3 Å². The van der Waals surface area contributed by atoms with Crippen LogP contribution in [0.3, 0.4) is 0 Å². The number of nitrogens with one attached hydrogen (secondary N) is 1. The van der Waals surface area contributed by atoms with Crippen LogP contribution in [0.5, 0.6) is 5.75 Å². The molecule has 0 bridgehead atoms. The summed E-state index contributed by atoms with van der Waals surface area (Å²) in [6.07, 6.45) is 2.67. The van der Waals surface area contributed by atoms with Gasteiger partial charge in [-0.3, -0.25) is 9.78 Å². The Labute approximate surface area is 172 Å². The molecule has 0 fully saturated rings. The van der Waals surface area contributed by atoms with Crippen LogP contribution < -0.4 is 10.1 Å². The van der Waals surface area contributed by atoms with Crippen molar-refractivity contribution in [1.82, 2.24) is 4.98 Å². The molecular formula is C20H18ClFN2O4S. The summed E-state index contributed by atoms with van der Waals surface area (Å²) in [5.74, 6) is -1.52. The summed E-state index contributed by atoms with van der Waals surface area (Å²) in [5.41, 5.74) is 0.971. The van der Waals surface area contributed by atoms with Crippen LogP contribution in [0.15, 0.2) is 42.6 Å². The minimum Gasteiger partial charge on any atom is -0.488 e. The van der Waals surface area contributed by atoms with Crippen LogP contribution in [0.25, 0.3) is 10.8 Å². The summed E-state index contributed by atoms with van der Waals surface area (Å²) < 4.78 is 42.6. The maximum atomic E-state index is 14.3. The number of carbonyl (C=O) groups excluding carboxylic acids is 1. The molecule has 0 aliphatic heterocycles. The second-order valence-corrected chi connectivity index (χ2v) is 9.12. The van der Waals surface area contributed by atoms with E-state index in [1.165, 1.54) is 6.07 Å². The summed E-state index contributed by atoms with van der Waals surface area (Å²) in [7, 11) is -3.50. The van der Waals surface area contributed by atoms with Crippen LogP contribution in [0, 0.1) is 12.7 Å². The molecule has 0 aliphatic rings. The molecule has 3 rings (SSSR count). The number of carbonyl (C=O) groups is 1. The van der Waals surface area contributed by atoms with Crippen molar-refractivity contribution >= 4 is 43.8 Å². The number of benzene rings is 2. The normalized spacial score (nSPS) is 11.4. The molecule has 0 spiro atoms. The van der Waals surface area contributed by atoms with Crippen molar-refractivity contribution < 1.29 is 22.3 Å². The number of ether oxygens (including phenoxy) is 1. The molecule has 0 aliphatic carbocycles. The highest BCUT2D eigenvalue weighted by molar-refractivity contribution is 7.91. The van der Waals surface area contributed by atoms with Gasteiger partial charge in [-0.25, -0.2) is 12.8 Å². The zero-order valence-electron chi connectivity index (χ0n) is 15.7. The molecule has 6 nitrogen and oxygen atoms in total. The second kappa shape index (κ2) is 8.34. The first-order chi connectivity index (χ1) is 13.6. The summed E-state index contributed by atoms with van der Waals surface area (Å²) in [4.78, 5) is 16.1. The average molecular weight is 437 g/mol. The number of amides is 1. The van der Waals surface area contributed by atoms with Gasteiger partial charge in [0.2, 0.25) is 5.91 Å². The zero-order valence-corrected chi connectivity index (χ0v) is 17.3. The Balaban J connectivity index is 1.85. The molecule has 0 saturated heterocycles. The van der Waals surface area contributed by atoms with Crippen molar-refractivity contribution in [3.8, 4) is 5.75 Å². The summed E-state index contributed by atoms with van der Waals surface area (Å²) in [6, 6.07) is 9.72. The number of hydrogen-bond acceptors (Lipinski definition) is 5. The average Bonchev–Trinajstić information content (AvgIpc) is 2.62. The Bertz CT molecular complexity index is 1200. The zero-order chi connectivity index (χ0) is 21.2. The molecule has 0 unspecified atom stereocenters. The number of aryl methyl sites for hydroxylation is 1. The van der Waals surface area contributed by atoms with Gasteiger partial charge in [0.15, 0.2) is 9.84 Å². The van der Waals surface area contributed by atoms with Gasteiger partial charge in [-0.2, -0.15) is 0 Å². The number of hydrogen-bond donors (Lipinski definition) is 1. The number of rotatable bonds is 6. The van der Waals surface area contributed by atoms with E-state index in [0.717, 1.165) is 28.8 Å². The van der Waals surface area contributed by atoms with E-state index in [-0.39, 0.29) is 22.9 Å². The number of nitrogens with zero attached hydrogens (tertiary/aromatic N) is 1. The monoisotopic (exact) mass is 436 g/mol. The van der Waals surface area contributed by atoms with E-state index in [9.17, 15) is 17.6 Å². The van der Waals surface area contributed by atoms with E-state index in [0.29, 0.717) is 5.75 Å². The van der Waals surface area contributed by atoms with Gasteiger partial charge in [0.05, 0.1) is 10.7 Å². The highest BCUT2D eigenvalue weighted by Gasteiger charge is 2.17. The summed E-state index contributed by atoms with van der Waals surface area (Å²) in [5, 5.41) is 4.04. The predicted octanol–water partition coefficient (Wildman–Crippen LogP) is 3.90. The van der Waals surface area contributed by atoms with Crippen molar-refractivity contribution in [3.05, 3.63) is 64.7 Å². The van der Waals surface area contributed by atoms with Crippen LogP contribution in [0.4, 0.5) is 10.1 Å². The van der Waals surface area contributed by atoms with Crippen molar-refractivity contribution in [2.75, 3.05) is 17.3 Å². The molecular weight excluding hydrogens is 419 g/mol. The molecule has 1 heterocycles. The van der Waals surface area contributed by atoms with E-state index in [1.807, 2.05) is 19.1 Å². The van der Waals surface area contributed by atoms with Crippen LogP contribution in [0.1, 0.15) is 11.3 Å². The molecule has 1 amide bonds. The van der Waals surface area contributed by atoms with Crippen molar-refractivity contribution in [2.24, 2.45) is 0 Å². The van der Waals surface area contributed by atoms with Crippen molar-refractivity contribution in [1.29, 1.82) is 0 Å². The van der Waals surface area contributed by atoms with Gasteiger partial charge in [-0.15, -0.1) is 0 Å². The lowest BCUT2D eigenvalue weighted by molar-refractivity contribution is -0.113. The third kappa shape index (κ3) is 5.21. The predicted molar refractivity (Wildman–Crippen MR) is 111 cm³/mol. The van der Waals surface area contributed by atoms with Crippen LogP contribution in [-0.2, 0) is 21.2 Å². The number of aromatic nitrogens is 1. The fourth-order valence-electron chi connectivity index (χ4n) is 2.77. The van der Waals surface area contributed by atoms with Gasteiger partial charge in [-0.1, -0.05) is 23.7 Å². The van der Waals surface area contributed by atoms with Crippen molar-refractivity contribution in [3.63, 3.8) is 0 Å². The number of fused-ring (bicyclic) bond motifs is 1. The third-order valence-corrected chi connectivity index (χ3v) is 5.30. The van der Waals surface area contributed by atoms with Crippen LogP contribution >= 0.6 is 11.6 Å². The number of pyridine rings is 1. The molecule has 0 saturated carbocycles. The highest BCUT2D eigenvalue weighted by Crippen LogP contribution is 2.31. The first kappa shape index (κ1) is 21.0. The first-order valence-corrected chi connectivity index (χ1v) is 11.0. The Morgan fingerprint density at radius 1 is 1.28 bits per heavy atom. The maximum absolute atomic E-state index is 14.3. The lowest BCUT2D eigenvalue weighted by Gasteiger charge is -2.14.